The Bertz CT molecular complexity index is 294. The highest BCUT2D eigenvalue weighted by Gasteiger charge is 2.18. The molecule has 1 unspecified atom stereocenters. The molecule has 1 rings (SSSR count). The molecular formula is C10H19N3O. The van der Waals surface area contributed by atoms with Crippen molar-refractivity contribution >= 4 is 0 Å². The molecule has 14 heavy (non-hydrogen) atoms. The number of aliphatic hydroxyl groups is 1. The fraction of sp³-hybridized carbons (Fsp3) is 0.800. The average Bonchev–Trinajstić information content (AvgIpc) is 2.58. The van der Waals surface area contributed by atoms with E-state index in [9.17, 15) is 0 Å². The molecule has 1 aromatic rings. The zero-order valence-electron chi connectivity index (χ0n) is 9.36. The maximum absolute atomic E-state index is 9.06. The molecule has 0 bridgehead atoms. The van der Waals surface area contributed by atoms with Crippen molar-refractivity contribution in [2.75, 3.05) is 0 Å². The Morgan fingerprint density at radius 3 is 2.36 bits per heavy atom. The van der Waals surface area contributed by atoms with Gasteiger partial charge in [0.15, 0.2) is 5.82 Å². The van der Waals surface area contributed by atoms with Crippen LogP contribution in [0, 0.1) is 5.92 Å². The molecule has 0 spiro atoms. The normalized spacial score (nSPS) is 13.6. The maximum atomic E-state index is 9.06. The third-order valence-electron chi connectivity index (χ3n) is 2.72. The highest BCUT2D eigenvalue weighted by Crippen LogP contribution is 2.22. The Kier molecular flexibility index (Phi) is 3.63. The lowest BCUT2D eigenvalue weighted by Gasteiger charge is -2.15. The van der Waals surface area contributed by atoms with Gasteiger partial charge in [0.25, 0.3) is 0 Å². The Hall–Kier alpha value is -0.900. The van der Waals surface area contributed by atoms with Crippen LogP contribution in [0.5, 0.6) is 0 Å². The molecule has 1 N–H and O–H groups in total. The summed E-state index contributed by atoms with van der Waals surface area (Å²) in [6.45, 7) is 9.29. The van der Waals surface area contributed by atoms with Gasteiger partial charge in [-0.2, -0.15) is 0 Å². The van der Waals surface area contributed by atoms with Gasteiger partial charge in [-0.05, 0) is 12.8 Å². The Labute approximate surface area is 85.0 Å². The third kappa shape index (κ3) is 1.95. The zero-order chi connectivity index (χ0) is 10.7. The van der Waals surface area contributed by atoms with Crippen LogP contribution in [0.2, 0.25) is 0 Å². The first-order valence-electron chi connectivity index (χ1n) is 5.14. The summed E-state index contributed by atoms with van der Waals surface area (Å²) in [6.07, 6.45) is 0. The number of hydrogen-bond acceptors (Lipinski definition) is 3. The molecule has 0 aliphatic heterocycles. The van der Waals surface area contributed by atoms with Crippen LogP contribution in [-0.4, -0.2) is 19.9 Å². The number of rotatable bonds is 4. The summed E-state index contributed by atoms with van der Waals surface area (Å²) in [5.74, 6) is 2.56. The molecule has 4 nitrogen and oxygen atoms in total. The van der Waals surface area contributed by atoms with Crippen molar-refractivity contribution in [1.82, 2.24) is 14.8 Å². The second-order valence-electron chi connectivity index (χ2n) is 3.91. The predicted octanol–water partition coefficient (Wildman–Crippen LogP) is 1.55. The minimum atomic E-state index is -0.0361. The van der Waals surface area contributed by atoms with Gasteiger partial charge in [0.2, 0.25) is 0 Å². The molecule has 0 aliphatic carbocycles. The first-order chi connectivity index (χ1) is 6.61. The van der Waals surface area contributed by atoms with Gasteiger partial charge >= 0.3 is 0 Å². The first-order valence-corrected chi connectivity index (χ1v) is 5.14. The largest absolute Gasteiger partial charge is 0.388 e. The summed E-state index contributed by atoms with van der Waals surface area (Å²) in [6, 6.07) is 0. The fourth-order valence-electron chi connectivity index (χ4n) is 1.45. The Morgan fingerprint density at radius 2 is 1.93 bits per heavy atom. The van der Waals surface area contributed by atoms with Crippen LogP contribution in [0.15, 0.2) is 0 Å². The molecule has 0 saturated heterocycles. The molecule has 1 aromatic heterocycles. The van der Waals surface area contributed by atoms with E-state index in [2.05, 4.69) is 31.0 Å². The molecule has 0 aliphatic rings. The van der Waals surface area contributed by atoms with Gasteiger partial charge in [0.05, 0.1) is 0 Å². The van der Waals surface area contributed by atoms with Crippen LogP contribution in [0.4, 0.5) is 0 Å². The molecule has 0 radical (unpaired) electrons. The molecule has 4 heteroatoms. The average molecular weight is 197 g/mol. The summed E-state index contributed by atoms with van der Waals surface area (Å²) in [4.78, 5) is 0. The van der Waals surface area contributed by atoms with Crippen LogP contribution >= 0.6 is 0 Å². The van der Waals surface area contributed by atoms with Gasteiger partial charge in [-0.25, -0.2) is 0 Å². The van der Waals surface area contributed by atoms with E-state index in [0.29, 0.717) is 17.7 Å². The lowest BCUT2D eigenvalue weighted by molar-refractivity contribution is 0.264. The van der Waals surface area contributed by atoms with Gasteiger partial charge in [0.1, 0.15) is 12.4 Å². The zero-order valence-corrected chi connectivity index (χ0v) is 9.36. The number of nitrogens with zero attached hydrogens (tertiary/aromatic N) is 3. The van der Waals surface area contributed by atoms with Gasteiger partial charge in [-0.15, -0.1) is 10.2 Å². The minimum absolute atomic E-state index is 0.0361. The highest BCUT2D eigenvalue weighted by atomic mass is 16.3. The second kappa shape index (κ2) is 4.55. The van der Waals surface area contributed by atoms with Crippen LogP contribution in [0.25, 0.3) is 0 Å². The Morgan fingerprint density at radius 1 is 1.29 bits per heavy atom. The van der Waals surface area contributed by atoms with Crippen molar-refractivity contribution in [3.8, 4) is 0 Å². The van der Waals surface area contributed by atoms with Crippen LogP contribution in [0.3, 0.4) is 0 Å². The Balaban J connectivity index is 3.02. The van der Waals surface area contributed by atoms with Crippen LogP contribution in [0.1, 0.15) is 45.3 Å². The van der Waals surface area contributed by atoms with Crippen LogP contribution < -0.4 is 0 Å². The van der Waals surface area contributed by atoms with Crippen molar-refractivity contribution < 1.29 is 5.11 Å². The maximum Gasteiger partial charge on any atom is 0.158 e. The molecule has 0 fully saturated rings. The molecule has 0 amide bonds. The third-order valence-corrected chi connectivity index (χ3v) is 2.72. The van der Waals surface area contributed by atoms with Gasteiger partial charge in [-0.3, -0.25) is 0 Å². The van der Waals surface area contributed by atoms with E-state index < -0.39 is 0 Å². The van der Waals surface area contributed by atoms with E-state index in [0.717, 1.165) is 12.4 Å². The second-order valence-corrected chi connectivity index (χ2v) is 3.91. The van der Waals surface area contributed by atoms with E-state index >= 15 is 0 Å². The summed E-state index contributed by atoms with van der Waals surface area (Å²) < 4.78 is 1.99. The summed E-state index contributed by atoms with van der Waals surface area (Å²) in [5.41, 5.74) is 0. The lowest BCUT2D eigenvalue weighted by Crippen LogP contribution is -2.12. The number of hydrogen-bond donors (Lipinski definition) is 1. The van der Waals surface area contributed by atoms with Gasteiger partial charge in [0, 0.05) is 12.5 Å². The van der Waals surface area contributed by atoms with Crippen LogP contribution in [-0.2, 0) is 13.2 Å². The topological polar surface area (TPSA) is 50.9 Å². The monoisotopic (exact) mass is 197 g/mol. The quantitative estimate of drug-likeness (QED) is 0.796. The standard InChI is InChI=1S/C10H19N3O/c1-5-13-9(6-14)11-12-10(13)8(4)7(2)3/h7-8,14H,5-6H2,1-4H3. The molecule has 0 aromatic carbocycles. The van der Waals surface area contributed by atoms with Crippen molar-refractivity contribution in [3.63, 3.8) is 0 Å². The molecule has 1 heterocycles. The van der Waals surface area contributed by atoms with Gasteiger partial charge < -0.3 is 9.67 Å². The first kappa shape index (κ1) is 11.2. The molecule has 0 saturated carbocycles. The molecular weight excluding hydrogens is 178 g/mol. The summed E-state index contributed by atoms with van der Waals surface area (Å²) in [5, 5.41) is 17.2. The van der Waals surface area contributed by atoms with E-state index in [1.165, 1.54) is 0 Å². The minimum Gasteiger partial charge on any atom is -0.388 e. The van der Waals surface area contributed by atoms with Crippen molar-refractivity contribution in [2.24, 2.45) is 5.92 Å². The van der Waals surface area contributed by atoms with E-state index in [1.54, 1.807) is 0 Å². The van der Waals surface area contributed by atoms with Gasteiger partial charge in [-0.1, -0.05) is 20.8 Å². The fourth-order valence-corrected chi connectivity index (χ4v) is 1.45. The smallest absolute Gasteiger partial charge is 0.158 e. The van der Waals surface area contributed by atoms with Crippen molar-refractivity contribution in [1.29, 1.82) is 0 Å². The lowest BCUT2D eigenvalue weighted by atomic mass is 9.97. The van der Waals surface area contributed by atoms with Crippen molar-refractivity contribution in [2.45, 2.75) is 46.8 Å². The van der Waals surface area contributed by atoms with E-state index in [4.69, 9.17) is 5.11 Å². The molecule has 80 valence electrons. The predicted molar refractivity (Wildman–Crippen MR) is 54.9 cm³/mol. The number of aliphatic hydroxyl groups excluding tert-OH is 1. The van der Waals surface area contributed by atoms with E-state index in [-0.39, 0.29) is 6.61 Å². The SMILES string of the molecule is CCn1c(CO)nnc1C(C)C(C)C. The van der Waals surface area contributed by atoms with E-state index in [1.807, 2.05) is 11.5 Å². The van der Waals surface area contributed by atoms with Crippen molar-refractivity contribution in [3.05, 3.63) is 11.6 Å². The highest BCUT2D eigenvalue weighted by molar-refractivity contribution is 5.01. The number of aromatic nitrogens is 3. The summed E-state index contributed by atoms with van der Waals surface area (Å²) in [7, 11) is 0. The molecule has 1 atom stereocenters. The summed E-state index contributed by atoms with van der Waals surface area (Å²) >= 11 is 0.